The summed E-state index contributed by atoms with van der Waals surface area (Å²) in [6.45, 7) is 0.0548. The molecule has 0 heterocycles. The van der Waals surface area contributed by atoms with E-state index in [1.165, 1.54) is 0 Å². The smallest absolute Gasteiger partial charge is 0.339 e. The van der Waals surface area contributed by atoms with Crippen LogP contribution in [0.1, 0.15) is 21.5 Å². The van der Waals surface area contributed by atoms with Gasteiger partial charge in [0.25, 0.3) is 0 Å². The highest BCUT2D eigenvalue weighted by atomic mass is 19.1. The van der Waals surface area contributed by atoms with Crippen LogP contribution >= 0.6 is 0 Å². The van der Waals surface area contributed by atoms with Crippen LogP contribution in [-0.4, -0.2) is 11.1 Å². The highest BCUT2D eigenvalue weighted by Crippen LogP contribution is 2.21. The molecular formula is C15H10FNO3. The molecule has 2 aromatic carbocycles. The molecule has 100 valence electrons. The fourth-order valence-corrected chi connectivity index (χ4v) is 1.68. The van der Waals surface area contributed by atoms with Crippen LogP contribution in [0.5, 0.6) is 5.75 Å². The Hall–Kier alpha value is -2.87. The molecule has 0 amide bonds. The second-order valence-electron chi connectivity index (χ2n) is 4.05. The average Bonchev–Trinajstić information content (AvgIpc) is 2.45. The first-order chi connectivity index (χ1) is 9.60. The van der Waals surface area contributed by atoms with Gasteiger partial charge in [-0.15, -0.1) is 0 Å². The summed E-state index contributed by atoms with van der Waals surface area (Å²) in [6, 6.07) is 11.9. The van der Waals surface area contributed by atoms with Crippen molar-refractivity contribution in [2.45, 2.75) is 6.61 Å². The highest BCUT2D eigenvalue weighted by molar-refractivity contribution is 5.90. The zero-order valence-electron chi connectivity index (χ0n) is 10.3. The molecule has 2 aromatic rings. The molecule has 0 saturated carbocycles. The molecule has 20 heavy (non-hydrogen) atoms. The molecule has 2 rings (SSSR count). The molecule has 0 bridgehead atoms. The van der Waals surface area contributed by atoms with Gasteiger partial charge in [0, 0.05) is 6.07 Å². The van der Waals surface area contributed by atoms with E-state index in [1.807, 2.05) is 6.07 Å². The van der Waals surface area contributed by atoms with Crippen LogP contribution in [-0.2, 0) is 6.61 Å². The third-order valence-corrected chi connectivity index (χ3v) is 2.62. The first-order valence-electron chi connectivity index (χ1n) is 5.75. The zero-order chi connectivity index (χ0) is 14.5. The van der Waals surface area contributed by atoms with E-state index >= 15 is 0 Å². The van der Waals surface area contributed by atoms with Gasteiger partial charge in [-0.05, 0) is 29.8 Å². The number of halogens is 1. The number of carbonyl (C=O) groups is 1. The maximum Gasteiger partial charge on any atom is 0.339 e. The molecule has 5 heteroatoms. The minimum atomic E-state index is -1.19. The predicted octanol–water partition coefficient (Wildman–Crippen LogP) is 2.97. The van der Waals surface area contributed by atoms with E-state index in [0.717, 1.165) is 18.2 Å². The van der Waals surface area contributed by atoms with Gasteiger partial charge in [0.15, 0.2) is 0 Å². The van der Waals surface area contributed by atoms with Crippen molar-refractivity contribution in [3.8, 4) is 11.8 Å². The molecule has 0 saturated heterocycles. The quantitative estimate of drug-likeness (QED) is 0.928. The van der Waals surface area contributed by atoms with Crippen molar-refractivity contribution >= 4 is 5.97 Å². The number of nitrogens with zero attached hydrogens (tertiary/aromatic N) is 1. The molecule has 0 spiro atoms. The van der Waals surface area contributed by atoms with Crippen LogP contribution < -0.4 is 4.74 Å². The lowest BCUT2D eigenvalue weighted by atomic mass is 10.1. The lowest BCUT2D eigenvalue weighted by Crippen LogP contribution is -2.04. The average molecular weight is 271 g/mol. The number of aromatic carboxylic acids is 1. The molecule has 0 unspecified atom stereocenters. The third-order valence-electron chi connectivity index (χ3n) is 2.62. The van der Waals surface area contributed by atoms with Crippen LogP contribution in [0.3, 0.4) is 0 Å². The van der Waals surface area contributed by atoms with E-state index < -0.39 is 11.8 Å². The molecule has 1 N–H and O–H groups in total. The van der Waals surface area contributed by atoms with E-state index in [0.29, 0.717) is 11.1 Å². The molecule has 0 radical (unpaired) electrons. The van der Waals surface area contributed by atoms with E-state index in [2.05, 4.69) is 0 Å². The van der Waals surface area contributed by atoms with Crippen LogP contribution in [0.4, 0.5) is 4.39 Å². The second-order valence-corrected chi connectivity index (χ2v) is 4.05. The number of hydrogen-bond donors (Lipinski definition) is 1. The molecule has 0 aliphatic rings. The first kappa shape index (κ1) is 13.6. The minimum Gasteiger partial charge on any atom is -0.488 e. The summed E-state index contributed by atoms with van der Waals surface area (Å²) >= 11 is 0. The zero-order valence-corrected chi connectivity index (χ0v) is 10.3. The summed E-state index contributed by atoms with van der Waals surface area (Å²) in [6.07, 6.45) is 0. The molecule has 0 aliphatic carbocycles. The Kier molecular flexibility index (Phi) is 3.96. The summed E-state index contributed by atoms with van der Waals surface area (Å²) in [5.74, 6) is -1.80. The van der Waals surface area contributed by atoms with Gasteiger partial charge >= 0.3 is 5.97 Å². The van der Waals surface area contributed by atoms with Crippen molar-refractivity contribution in [2.75, 3.05) is 0 Å². The lowest BCUT2D eigenvalue weighted by Gasteiger charge is -2.09. The second kappa shape index (κ2) is 5.85. The van der Waals surface area contributed by atoms with Crippen molar-refractivity contribution in [1.82, 2.24) is 0 Å². The maximum absolute atomic E-state index is 13.1. The van der Waals surface area contributed by atoms with Gasteiger partial charge < -0.3 is 9.84 Å². The number of rotatable bonds is 4. The number of carboxylic acid groups (broad SMARTS) is 1. The Morgan fingerprint density at radius 3 is 2.80 bits per heavy atom. The molecule has 0 aromatic heterocycles. The number of hydrogen-bond acceptors (Lipinski definition) is 3. The monoisotopic (exact) mass is 271 g/mol. The Balaban J connectivity index is 2.20. The fraction of sp³-hybridized carbons (Fsp3) is 0.0667. The normalized spacial score (nSPS) is 9.80. The maximum atomic E-state index is 13.1. The van der Waals surface area contributed by atoms with Crippen LogP contribution in [0.15, 0.2) is 42.5 Å². The number of carboxylic acids is 1. The van der Waals surface area contributed by atoms with Gasteiger partial charge in [0.1, 0.15) is 23.7 Å². The van der Waals surface area contributed by atoms with Crippen molar-refractivity contribution in [1.29, 1.82) is 5.26 Å². The van der Waals surface area contributed by atoms with E-state index in [4.69, 9.17) is 15.1 Å². The summed E-state index contributed by atoms with van der Waals surface area (Å²) in [5.41, 5.74) is 1.07. The van der Waals surface area contributed by atoms with E-state index in [1.54, 1.807) is 24.3 Å². The van der Waals surface area contributed by atoms with E-state index in [-0.39, 0.29) is 17.9 Å². The number of benzene rings is 2. The van der Waals surface area contributed by atoms with Crippen LogP contribution in [0.25, 0.3) is 0 Å². The Morgan fingerprint density at radius 2 is 2.10 bits per heavy atom. The first-order valence-corrected chi connectivity index (χ1v) is 5.75. The lowest BCUT2D eigenvalue weighted by molar-refractivity contribution is 0.0691. The summed E-state index contributed by atoms with van der Waals surface area (Å²) in [4.78, 5) is 11.0. The van der Waals surface area contributed by atoms with Gasteiger partial charge in [-0.2, -0.15) is 5.26 Å². The Bertz CT molecular complexity index is 692. The van der Waals surface area contributed by atoms with Gasteiger partial charge in [0.2, 0.25) is 0 Å². The summed E-state index contributed by atoms with van der Waals surface area (Å²) in [7, 11) is 0. The number of nitriles is 1. The molecule has 0 aliphatic heterocycles. The predicted molar refractivity (Wildman–Crippen MR) is 68.8 cm³/mol. The standard InChI is InChI=1S/C15H10FNO3/c16-12-4-5-13(15(18)19)14(7-12)20-9-11-3-1-2-10(6-11)8-17/h1-7H,9H2,(H,18,19). The molecule has 0 fully saturated rings. The van der Waals surface area contributed by atoms with E-state index in [9.17, 15) is 9.18 Å². The number of ether oxygens (including phenoxy) is 1. The topological polar surface area (TPSA) is 70.3 Å². The molecular weight excluding hydrogens is 261 g/mol. The van der Waals surface area contributed by atoms with Gasteiger partial charge in [0.05, 0.1) is 11.6 Å². The van der Waals surface area contributed by atoms with Crippen molar-refractivity contribution in [3.63, 3.8) is 0 Å². The summed E-state index contributed by atoms with van der Waals surface area (Å²) < 4.78 is 18.5. The SMILES string of the molecule is N#Cc1cccc(COc2cc(F)ccc2C(=O)O)c1. The molecule has 4 nitrogen and oxygen atoms in total. The van der Waals surface area contributed by atoms with Gasteiger partial charge in [-0.25, -0.2) is 9.18 Å². The van der Waals surface area contributed by atoms with Crippen molar-refractivity contribution < 1.29 is 19.0 Å². The summed E-state index contributed by atoms with van der Waals surface area (Å²) in [5, 5.41) is 17.8. The van der Waals surface area contributed by atoms with Crippen LogP contribution in [0, 0.1) is 17.1 Å². The Labute approximate surface area is 114 Å². The Morgan fingerprint density at radius 1 is 1.30 bits per heavy atom. The van der Waals surface area contributed by atoms with Crippen molar-refractivity contribution in [2.24, 2.45) is 0 Å². The minimum absolute atomic E-state index is 0.0418. The third kappa shape index (κ3) is 3.12. The fourth-order valence-electron chi connectivity index (χ4n) is 1.68. The van der Waals surface area contributed by atoms with Crippen molar-refractivity contribution in [3.05, 3.63) is 65.0 Å². The highest BCUT2D eigenvalue weighted by Gasteiger charge is 2.12. The van der Waals surface area contributed by atoms with Gasteiger partial charge in [-0.1, -0.05) is 12.1 Å². The molecule has 0 atom stereocenters. The van der Waals surface area contributed by atoms with Crippen LogP contribution in [0.2, 0.25) is 0 Å². The van der Waals surface area contributed by atoms with Gasteiger partial charge in [-0.3, -0.25) is 0 Å². The largest absolute Gasteiger partial charge is 0.488 e.